The molecule has 5 nitrogen and oxygen atoms in total. The van der Waals surface area contributed by atoms with Crippen LogP contribution in [-0.4, -0.2) is 39.1 Å². The van der Waals surface area contributed by atoms with Gasteiger partial charge in [0.15, 0.2) is 23.0 Å². The number of aliphatic hydroxyl groups is 1. The molecule has 0 bridgehead atoms. The lowest BCUT2D eigenvalue weighted by Crippen LogP contribution is -2.43. The van der Waals surface area contributed by atoms with Gasteiger partial charge in [-0.25, -0.2) is 0 Å². The van der Waals surface area contributed by atoms with E-state index in [1.54, 1.807) is 28.4 Å². The molecule has 0 fully saturated rings. The normalized spacial score (nSPS) is 24.1. The first-order valence-corrected chi connectivity index (χ1v) is 9.05. The summed E-state index contributed by atoms with van der Waals surface area (Å²) in [6, 6.07) is 9.93. The van der Waals surface area contributed by atoms with E-state index >= 15 is 0 Å². The minimum atomic E-state index is -0.843. The Morgan fingerprint density at radius 1 is 0.852 bits per heavy atom. The summed E-state index contributed by atoms with van der Waals surface area (Å²) in [5.41, 5.74) is 2.42. The van der Waals surface area contributed by atoms with Crippen LogP contribution >= 0.6 is 0 Å². The molecule has 3 atom stereocenters. The van der Waals surface area contributed by atoms with Gasteiger partial charge in [-0.3, -0.25) is 0 Å². The van der Waals surface area contributed by atoms with Crippen molar-refractivity contribution in [3.8, 4) is 23.0 Å². The molecule has 0 amide bonds. The van der Waals surface area contributed by atoms with E-state index in [4.69, 9.17) is 18.9 Å². The number of hydrogen-bond donors (Lipinski definition) is 1. The third kappa shape index (κ3) is 3.32. The molecule has 1 N–H and O–H groups in total. The molecule has 3 unspecified atom stereocenters. The fourth-order valence-corrected chi connectivity index (χ4v) is 4.07. The second-order valence-electron chi connectivity index (χ2n) is 7.32. The van der Waals surface area contributed by atoms with E-state index in [9.17, 15) is 5.11 Å². The van der Waals surface area contributed by atoms with Gasteiger partial charge in [-0.2, -0.15) is 0 Å². The van der Waals surface area contributed by atoms with E-state index < -0.39 is 5.60 Å². The third-order valence-electron chi connectivity index (χ3n) is 5.78. The van der Waals surface area contributed by atoms with Crippen molar-refractivity contribution in [2.75, 3.05) is 28.4 Å². The predicted molar refractivity (Wildman–Crippen MR) is 104 cm³/mol. The molecule has 1 aliphatic rings. The van der Waals surface area contributed by atoms with Crippen molar-refractivity contribution in [3.05, 3.63) is 47.0 Å². The molecule has 146 valence electrons. The highest BCUT2D eigenvalue weighted by Crippen LogP contribution is 2.49. The summed E-state index contributed by atoms with van der Waals surface area (Å²) in [5.74, 6) is 2.71. The van der Waals surface area contributed by atoms with Crippen LogP contribution in [0.5, 0.6) is 23.0 Å². The van der Waals surface area contributed by atoms with Crippen molar-refractivity contribution in [2.45, 2.75) is 31.8 Å². The summed E-state index contributed by atoms with van der Waals surface area (Å²) < 4.78 is 21.8. The molecule has 0 aliphatic heterocycles. The van der Waals surface area contributed by atoms with Gasteiger partial charge in [-0.15, -0.1) is 0 Å². The molecule has 2 aromatic carbocycles. The lowest BCUT2D eigenvalue weighted by Gasteiger charge is -2.42. The van der Waals surface area contributed by atoms with Gasteiger partial charge in [0, 0.05) is 12.3 Å². The number of benzene rings is 2. The molecular formula is C22H28O5. The fraction of sp³-hybridized carbons (Fsp3) is 0.455. The topological polar surface area (TPSA) is 57.2 Å². The first kappa shape index (κ1) is 19.4. The molecule has 27 heavy (non-hydrogen) atoms. The summed E-state index contributed by atoms with van der Waals surface area (Å²) in [6.07, 6.45) is 0.563. The Labute approximate surface area is 160 Å². The Hall–Kier alpha value is -2.40. The maximum atomic E-state index is 11.1. The second-order valence-corrected chi connectivity index (χ2v) is 7.32. The van der Waals surface area contributed by atoms with Gasteiger partial charge in [0.05, 0.1) is 34.0 Å². The average molecular weight is 372 g/mol. The smallest absolute Gasteiger partial charge is 0.161 e. The van der Waals surface area contributed by atoms with Crippen molar-refractivity contribution < 1.29 is 24.1 Å². The fourth-order valence-electron chi connectivity index (χ4n) is 4.07. The van der Waals surface area contributed by atoms with Crippen LogP contribution in [0.3, 0.4) is 0 Å². The van der Waals surface area contributed by atoms with Gasteiger partial charge in [-0.1, -0.05) is 13.0 Å². The molecule has 2 aromatic rings. The Bertz CT molecular complexity index is 828. The van der Waals surface area contributed by atoms with Crippen LogP contribution in [0, 0.1) is 5.92 Å². The van der Waals surface area contributed by atoms with Crippen LogP contribution in [0.25, 0.3) is 0 Å². The van der Waals surface area contributed by atoms with Crippen LogP contribution in [0.1, 0.15) is 36.5 Å². The monoisotopic (exact) mass is 372 g/mol. The largest absolute Gasteiger partial charge is 0.493 e. The zero-order valence-electron chi connectivity index (χ0n) is 16.8. The zero-order valence-corrected chi connectivity index (χ0v) is 16.8. The minimum Gasteiger partial charge on any atom is -0.493 e. The molecular weight excluding hydrogens is 344 g/mol. The molecule has 0 saturated carbocycles. The van der Waals surface area contributed by atoms with Crippen molar-refractivity contribution >= 4 is 0 Å². The summed E-state index contributed by atoms with van der Waals surface area (Å²) in [5, 5.41) is 11.1. The van der Waals surface area contributed by atoms with Gasteiger partial charge in [0.1, 0.15) is 0 Å². The van der Waals surface area contributed by atoms with Crippen LogP contribution in [-0.2, 0) is 6.42 Å². The Morgan fingerprint density at radius 3 is 2.00 bits per heavy atom. The van der Waals surface area contributed by atoms with Gasteiger partial charge >= 0.3 is 0 Å². The number of methoxy groups -OCH3 is 4. The molecule has 1 aliphatic carbocycles. The van der Waals surface area contributed by atoms with Gasteiger partial charge in [0.25, 0.3) is 0 Å². The maximum absolute atomic E-state index is 11.1. The highest BCUT2D eigenvalue weighted by atomic mass is 16.5. The summed E-state index contributed by atoms with van der Waals surface area (Å²) in [6.45, 7) is 3.98. The van der Waals surface area contributed by atoms with E-state index in [1.807, 2.05) is 37.3 Å². The van der Waals surface area contributed by atoms with Gasteiger partial charge < -0.3 is 24.1 Å². The van der Waals surface area contributed by atoms with Gasteiger partial charge in [-0.05, 0) is 53.8 Å². The first-order chi connectivity index (χ1) is 12.9. The van der Waals surface area contributed by atoms with Gasteiger partial charge in [0.2, 0.25) is 0 Å². The molecule has 0 saturated heterocycles. The van der Waals surface area contributed by atoms with E-state index in [0.29, 0.717) is 29.4 Å². The number of rotatable bonds is 5. The summed E-state index contributed by atoms with van der Waals surface area (Å²) in [4.78, 5) is 0. The molecule has 0 aromatic heterocycles. The number of fused-ring (bicyclic) bond motifs is 1. The van der Waals surface area contributed by atoms with Crippen LogP contribution in [0.2, 0.25) is 0 Å². The molecule has 0 heterocycles. The zero-order chi connectivity index (χ0) is 19.8. The van der Waals surface area contributed by atoms with E-state index in [0.717, 1.165) is 16.7 Å². The lowest BCUT2D eigenvalue weighted by atomic mass is 9.65. The Morgan fingerprint density at radius 2 is 1.41 bits per heavy atom. The SMILES string of the molecule is COc1ccc(C2c3cc(OC)c(OC)cc3CC(C)(O)C2C)cc1OC. The quantitative estimate of drug-likeness (QED) is 0.865. The molecule has 3 rings (SSSR count). The maximum Gasteiger partial charge on any atom is 0.161 e. The minimum absolute atomic E-state index is 0.00111. The van der Waals surface area contributed by atoms with Crippen molar-refractivity contribution in [2.24, 2.45) is 5.92 Å². The highest BCUT2D eigenvalue weighted by Gasteiger charge is 2.42. The number of ether oxygens (including phenoxy) is 4. The lowest BCUT2D eigenvalue weighted by molar-refractivity contribution is -0.00739. The number of hydrogen-bond acceptors (Lipinski definition) is 5. The second kappa shape index (κ2) is 7.31. The Balaban J connectivity index is 2.20. The predicted octanol–water partition coefficient (Wildman–Crippen LogP) is 3.80. The average Bonchev–Trinajstić information content (AvgIpc) is 2.67. The van der Waals surface area contributed by atoms with E-state index in [1.165, 1.54) is 0 Å². The summed E-state index contributed by atoms with van der Waals surface area (Å²) >= 11 is 0. The molecule has 0 spiro atoms. The third-order valence-corrected chi connectivity index (χ3v) is 5.78. The van der Waals surface area contributed by atoms with Crippen molar-refractivity contribution in [3.63, 3.8) is 0 Å². The van der Waals surface area contributed by atoms with Crippen molar-refractivity contribution in [1.82, 2.24) is 0 Å². The summed E-state index contributed by atoms with van der Waals surface area (Å²) in [7, 11) is 6.51. The molecule has 5 heteroatoms. The van der Waals surface area contributed by atoms with E-state index in [-0.39, 0.29) is 11.8 Å². The first-order valence-electron chi connectivity index (χ1n) is 9.05. The van der Waals surface area contributed by atoms with Crippen molar-refractivity contribution in [1.29, 1.82) is 0 Å². The van der Waals surface area contributed by atoms with Crippen LogP contribution in [0.15, 0.2) is 30.3 Å². The van der Waals surface area contributed by atoms with E-state index in [2.05, 4.69) is 6.92 Å². The standard InChI is InChI=1S/C22H28O5/c1-13-21(14-7-8-17(24-3)18(9-14)25-4)16-11-20(27-6)19(26-5)10-15(16)12-22(13,2)23/h7-11,13,21,23H,12H2,1-6H3. The molecule has 0 radical (unpaired) electrons. The Kier molecular flexibility index (Phi) is 5.24. The van der Waals surface area contributed by atoms with Crippen LogP contribution < -0.4 is 18.9 Å². The van der Waals surface area contributed by atoms with Crippen LogP contribution in [0.4, 0.5) is 0 Å². The highest BCUT2D eigenvalue weighted by molar-refractivity contribution is 5.54.